The van der Waals surface area contributed by atoms with E-state index in [4.69, 9.17) is 0 Å². The minimum atomic E-state index is 0.248. The van der Waals surface area contributed by atoms with E-state index >= 15 is 0 Å². The van der Waals surface area contributed by atoms with Crippen molar-refractivity contribution in [2.45, 2.75) is 44.6 Å². The van der Waals surface area contributed by atoms with Crippen LogP contribution in [0.25, 0.3) is 0 Å². The van der Waals surface area contributed by atoms with Gasteiger partial charge in [0.25, 0.3) is 0 Å². The molecule has 1 aliphatic heterocycles. The first kappa shape index (κ1) is 12.0. The van der Waals surface area contributed by atoms with Crippen LogP contribution in [-0.4, -0.2) is 29.6 Å². The van der Waals surface area contributed by atoms with Crippen molar-refractivity contribution >= 4 is 0 Å². The molecule has 2 heteroatoms. The molecule has 2 aliphatic rings. The Morgan fingerprint density at radius 2 is 2.22 bits per heavy atom. The molecule has 0 amide bonds. The van der Waals surface area contributed by atoms with Gasteiger partial charge in [-0.1, -0.05) is 26.3 Å². The summed E-state index contributed by atoms with van der Waals surface area (Å²) in [5.41, 5.74) is 3.09. The fourth-order valence-electron chi connectivity index (χ4n) is 4.35. The molecule has 1 N–H and O–H groups in total. The van der Waals surface area contributed by atoms with Crippen LogP contribution in [0.1, 0.15) is 37.8 Å². The van der Waals surface area contributed by atoms with E-state index < -0.39 is 0 Å². The number of fused-ring (bicyclic) bond motifs is 4. The molecule has 0 unspecified atom stereocenters. The van der Waals surface area contributed by atoms with Gasteiger partial charge in [0.2, 0.25) is 0 Å². The zero-order valence-corrected chi connectivity index (χ0v) is 11.6. The average molecular weight is 245 g/mol. The molecule has 98 valence electrons. The van der Waals surface area contributed by atoms with E-state index in [-0.39, 0.29) is 5.41 Å². The number of phenols is 1. The van der Waals surface area contributed by atoms with E-state index in [1.165, 1.54) is 30.5 Å². The van der Waals surface area contributed by atoms with Crippen molar-refractivity contribution < 1.29 is 5.11 Å². The summed E-state index contributed by atoms with van der Waals surface area (Å²) in [4.78, 5) is 2.53. The zero-order chi connectivity index (χ0) is 12.9. The number of hydrogen-bond donors (Lipinski definition) is 1. The Morgan fingerprint density at radius 1 is 1.44 bits per heavy atom. The van der Waals surface area contributed by atoms with Gasteiger partial charge in [0.1, 0.15) is 5.75 Å². The first-order valence-electron chi connectivity index (χ1n) is 7.09. The molecule has 2 bridgehead atoms. The Bertz CT molecular complexity index is 470. The van der Waals surface area contributed by atoms with E-state index in [1.807, 2.05) is 12.1 Å². The third-order valence-electron chi connectivity index (χ3n) is 5.41. The SMILES string of the molecule is CC[C@H]1[C@H]2Cc3ccc(O)cc3[C@@]1(C)CCN2C. The molecule has 1 aromatic carbocycles. The second-order valence-electron chi connectivity index (χ2n) is 6.28. The molecule has 1 aliphatic carbocycles. The molecule has 1 saturated heterocycles. The van der Waals surface area contributed by atoms with Crippen molar-refractivity contribution in [1.82, 2.24) is 4.90 Å². The number of nitrogens with zero attached hydrogens (tertiary/aromatic N) is 1. The summed E-state index contributed by atoms with van der Waals surface area (Å²) in [6, 6.07) is 6.65. The number of phenolic OH excluding ortho intramolecular Hbond substituents is 1. The van der Waals surface area contributed by atoms with Crippen molar-refractivity contribution in [2.24, 2.45) is 5.92 Å². The molecule has 3 rings (SSSR count). The zero-order valence-electron chi connectivity index (χ0n) is 11.6. The van der Waals surface area contributed by atoms with Gasteiger partial charge in [-0.15, -0.1) is 0 Å². The number of piperidine rings is 1. The van der Waals surface area contributed by atoms with Crippen LogP contribution in [0.5, 0.6) is 5.75 Å². The van der Waals surface area contributed by atoms with Crippen LogP contribution >= 0.6 is 0 Å². The molecule has 0 radical (unpaired) electrons. The lowest BCUT2D eigenvalue weighted by atomic mass is 9.57. The average Bonchev–Trinajstić information content (AvgIpc) is 2.35. The Morgan fingerprint density at radius 3 is 2.94 bits per heavy atom. The monoisotopic (exact) mass is 245 g/mol. The van der Waals surface area contributed by atoms with Gasteiger partial charge >= 0.3 is 0 Å². The minimum absolute atomic E-state index is 0.248. The minimum Gasteiger partial charge on any atom is -0.508 e. The van der Waals surface area contributed by atoms with E-state index in [1.54, 1.807) is 0 Å². The standard InChI is InChI=1S/C16H23NO/c1-4-13-15-9-11-5-6-12(18)10-14(11)16(13,2)7-8-17(15)3/h5-6,10,13,15,18H,4,7-9H2,1-3H3/t13-,15+,16-/m0/s1. The number of rotatable bonds is 1. The lowest BCUT2D eigenvalue weighted by Crippen LogP contribution is -2.57. The molecule has 2 nitrogen and oxygen atoms in total. The number of benzene rings is 1. The summed E-state index contributed by atoms with van der Waals surface area (Å²) >= 11 is 0. The molecule has 0 aromatic heterocycles. The third kappa shape index (κ3) is 1.51. The quantitative estimate of drug-likeness (QED) is 0.822. The van der Waals surface area contributed by atoms with Crippen LogP contribution < -0.4 is 0 Å². The first-order chi connectivity index (χ1) is 8.56. The van der Waals surface area contributed by atoms with Crippen LogP contribution in [0, 0.1) is 5.92 Å². The predicted octanol–water partition coefficient (Wildman–Crippen LogP) is 2.94. The Kier molecular flexibility index (Phi) is 2.67. The highest BCUT2D eigenvalue weighted by molar-refractivity contribution is 5.44. The fraction of sp³-hybridized carbons (Fsp3) is 0.625. The van der Waals surface area contributed by atoms with Crippen molar-refractivity contribution in [1.29, 1.82) is 0 Å². The number of likely N-dealkylation sites (N-methyl/N-ethyl adjacent to an activating group) is 1. The molecule has 18 heavy (non-hydrogen) atoms. The van der Waals surface area contributed by atoms with E-state index in [0.29, 0.717) is 17.7 Å². The van der Waals surface area contributed by atoms with Crippen LogP contribution in [0.15, 0.2) is 18.2 Å². The normalized spacial score (nSPS) is 35.3. The topological polar surface area (TPSA) is 23.5 Å². The van der Waals surface area contributed by atoms with Gasteiger partial charge in [-0.25, -0.2) is 0 Å². The Balaban J connectivity index is 2.15. The number of aromatic hydroxyl groups is 1. The van der Waals surface area contributed by atoms with E-state index in [2.05, 4.69) is 31.9 Å². The van der Waals surface area contributed by atoms with Crippen LogP contribution in [-0.2, 0) is 11.8 Å². The molecular weight excluding hydrogens is 222 g/mol. The van der Waals surface area contributed by atoms with Gasteiger partial charge in [-0.2, -0.15) is 0 Å². The summed E-state index contributed by atoms with van der Waals surface area (Å²) in [5.74, 6) is 1.13. The third-order valence-corrected chi connectivity index (χ3v) is 5.41. The summed E-state index contributed by atoms with van der Waals surface area (Å²) < 4.78 is 0. The van der Waals surface area contributed by atoms with Crippen molar-refractivity contribution in [3.8, 4) is 5.75 Å². The number of hydrogen-bond acceptors (Lipinski definition) is 2. The second kappa shape index (κ2) is 3.99. The number of likely N-dealkylation sites (tertiary alicyclic amines) is 1. The molecule has 0 spiro atoms. The van der Waals surface area contributed by atoms with Gasteiger partial charge in [0.15, 0.2) is 0 Å². The molecule has 0 saturated carbocycles. The first-order valence-corrected chi connectivity index (χ1v) is 7.09. The van der Waals surface area contributed by atoms with Gasteiger partial charge < -0.3 is 10.0 Å². The van der Waals surface area contributed by atoms with Gasteiger partial charge in [-0.05, 0) is 61.0 Å². The van der Waals surface area contributed by atoms with Crippen molar-refractivity contribution in [3.05, 3.63) is 29.3 Å². The van der Waals surface area contributed by atoms with E-state index in [0.717, 1.165) is 6.42 Å². The summed E-state index contributed by atoms with van der Waals surface area (Å²) in [6.07, 6.45) is 3.57. The van der Waals surface area contributed by atoms with Crippen molar-refractivity contribution in [3.63, 3.8) is 0 Å². The summed E-state index contributed by atoms with van der Waals surface area (Å²) in [6.45, 7) is 5.88. The summed E-state index contributed by atoms with van der Waals surface area (Å²) in [5, 5.41) is 9.80. The maximum Gasteiger partial charge on any atom is 0.115 e. The smallest absolute Gasteiger partial charge is 0.115 e. The van der Waals surface area contributed by atoms with Gasteiger partial charge in [0, 0.05) is 6.04 Å². The van der Waals surface area contributed by atoms with Crippen LogP contribution in [0.3, 0.4) is 0 Å². The van der Waals surface area contributed by atoms with E-state index in [9.17, 15) is 5.11 Å². The van der Waals surface area contributed by atoms with Crippen LogP contribution in [0.2, 0.25) is 0 Å². The maximum atomic E-state index is 9.80. The lowest BCUT2D eigenvalue weighted by molar-refractivity contribution is 0.0376. The molecular formula is C16H23NO. The van der Waals surface area contributed by atoms with Crippen molar-refractivity contribution in [2.75, 3.05) is 13.6 Å². The highest BCUT2D eigenvalue weighted by Crippen LogP contribution is 2.50. The van der Waals surface area contributed by atoms with Gasteiger partial charge in [-0.3, -0.25) is 0 Å². The van der Waals surface area contributed by atoms with Crippen LogP contribution in [0.4, 0.5) is 0 Å². The lowest BCUT2D eigenvalue weighted by Gasteiger charge is -2.54. The molecule has 1 aromatic rings. The fourth-order valence-corrected chi connectivity index (χ4v) is 4.35. The Hall–Kier alpha value is -1.02. The molecule has 1 fully saturated rings. The second-order valence-corrected chi connectivity index (χ2v) is 6.28. The maximum absolute atomic E-state index is 9.80. The predicted molar refractivity (Wildman–Crippen MR) is 74.0 cm³/mol. The summed E-state index contributed by atoms with van der Waals surface area (Å²) in [7, 11) is 2.26. The highest BCUT2D eigenvalue weighted by atomic mass is 16.3. The van der Waals surface area contributed by atoms with Gasteiger partial charge in [0.05, 0.1) is 0 Å². The molecule has 3 atom stereocenters. The highest BCUT2D eigenvalue weighted by Gasteiger charge is 2.48. The Labute approximate surface area is 110 Å². The largest absolute Gasteiger partial charge is 0.508 e. The molecule has 1 heterocycles.